The second kappa shape index (κ2) is 3.87. The molecule has 1 fully saturated rings. The number of hydrogen-bond donors (Lipinski definition) is 0. The maximum Gasteiger partial charge on any atom is 0.0116 e. The van der Waals surface area contributed by atoms with Crippen molar-refractivity contribution in [1.82, 2.24) is 0 Å². The Bertz CT molecular complexity index is 174. The minimum absolute atomic E-state index is 0.942. The van der Waals surface area contributed by atoms with Crippen LogP contribution in [0.15, 0.2) is 12.2 Å². The molecule has 0 nitrogen and oxygen atoms in total. The van der Waals surface area contributed by atoms with Crippen molar-refractivity contribution in [2.24, 2.45) is 11.8 Å². The lowest BCUT2D eigenvalue weighted by Crippen LogP contribution is -2.09. The molecule has 12 heavy (non-hydrogen) atoms. The van der Waals surface area contributed by atoms with E-state index in [1.54, 1.807) is 0 Å². The van der Waals surface area contributed by atoms with Crippen LogP contribution < -0.4 is 0 Å². The molecule has 1 heteroatoms. The molecule has 0 aliphatic heterocycles. The van der Waals surface area contributed by atoms with E-state index in [0.29, 0.717) is 0 Å². The van der Waals surface area contributed by atoms with Crippen molar-refractivity contribution >= 4 is 11.8 Å². The molecule has 2 rings (SSSR count). The van der Waals surface area contributed by atoms with Gasteiger partial charge in [0.15, 0.2) is 0 Å². The number of hydrogen-bond acceptors (Lipinski definition) is 1. The first-order valence-corrected chi connectivity index (χ1v) is 6.25. The highest BCUT2D eigenvalue weighted by Gasteiger charge is 2.35. The predicted octanol–water partition coefficient (Wildman–Crippen LogP) is 3.48. The van der Waals surface area contributed by atoms with Crippen molar-refractivity contribution in [1.29, 1.82) is 0 Å². The summed E-state index contributed by atoms with van der Waals surface area (Å²) in [6.07, 6.45) is 10.6. The summed E-state index contributed by atoms with van der Waals surface area (Å²) in [4.78, 5) is 0. The molecular formula is C11H18S. The summed E-state index contributed by atoms with van der Waals surface area (Å²) in [5, 5.41) is 0.978. The Labute approximate surface area is 79.8 Å². The fourth-order valence-electron chi connectivity index (χ4n) is 2.30. The third-order valence-electron chi connectivity index (χ3n) is 3.05. The molecule has 3 unspecified atom stereocenters. The van der Waals surface area contributed by atoms with E-state index in [0.717, 1.165) is 17.1 Å². The first-order valence-electron chi connectivity index (χ1n) is 5.20. The van der Waals surface area contributed by atoms with Crippen LogP contribution in [0.1, 0.15) is 32.6 Å². The van der Waals surface area contributed by atoms with Crippen LogP contribution in [0.25, 0.3) is 0 Å². The Hall–Kier alpha value is 0.0900. The van der Waals surface area contributed by atoms with Gasteiger partial charge in [-0.1, -0.05) is 25.5 Å². The summed E-state index contributed by atoms with van der Waals surface area (Å²) in [6, 6.07) is 0. The number of unbranched alkanes of at least 4 members (excludes halogenated alkanes) is 1. The van der Waals surface area contributed by atoms with Crippen LogP contribution in [0.3, 0.4) is 0 Å². The van der Waals surface area contributed by atoms with E-state index < -0.39 is 0 Å². The van der Waals surface area contributed by atoms with Crippen LogP contribution in [0.5, 0.6) is 0 Å². The fourth-order valence-corrected chi connectivity index (χ4v) is 3.89. The van der Waals surface area contributed by atoms with Crippen LogP contribution in [-0.4, -0.2) is 11.0 Å². The Morgan fingerprint density at radius 3 is 2.83 bits per heavy atom. The number of fused-ring (bicyclic) bond motifs is 2. The molecular weight excluding hydrogens is 164 g/mol. The molecule has 1 saturated carbocycles. The molecule has 0 aromatic rings. The van der Waals surface area contributed by atoms with Gasteiger partial charge in [0.05, 0.1) is 0 Å². The average Bonchev–Trinajstić information content (AvgIpc) is 2.65. The van der Waals surface area contributed by atoms with Crippen molar-refractivity contribution in [3.8, 4) is 0 Å². The van der Waals surface area contributed by atoms with Gasteiger partial charge in [0, 0.05) is 5.25 Å². The molecule has 0 aromatic heterocycles. The normalized spacial score (nSPS) is 37.9. The van der Waals surface area contributed by atoms with Gasteiger partial charge in [-0.05, 0) is 36.9 Å². The van der Waals surface area contributed by atoms with Crippen LogP contribution in [0.2, 0.25) is 0 Å². The first-order chi connectivity index (χ1) is 5.90. The van der Waals surface area contributed by atoms with Crippen LogP contribution >= 0.6 is 11.8 Å². The van der Waals surface area contributed by atoms with Crippen LogP contribution in [0.4, 0.5) is 0 Å². The SMILES string of the molecule is CCCCSC1CC2C=CC1C2. The molecule has 0 saturated heterocycles. The Morgan fingerprint density at radius 1 is 1.33 bits per heavy atom. The van der Waals surface area contributed by atoms with Gasteiger partial charge >= 0.3 is 0 Å². The molecule has 2 aliphatic carbocycles. The maximum atomic E-state index is 2.46. The molecule has 2 bridgehead atoms. The molecule has 0 radical (unpaired) electrons. The Kier molecular flexibility index (Phi) is 2.80. The standard InChI is InChI=1S/C11H18S/c1-2-3-6-12-11-8-9-4-5-10(11)7-9/h4-5,9-11H,2-3,6-8H2,1H3. The minimum atomic E-state index is 0.942. The number of thioether (sulfide) groups is 1. The summed E-state index contributed by atoms with van der Waals surface area (Å²) in [5.74, 6) is 3.28. The summed E-state index contributed by atoms with van der Waals surface area (Å²) in [5.41, 5.74) is 0. The zero-order valence-electron chi connectivity index (χ0n) is 7.83. The second-order valence-electron chi connectivity index (χ2n) is 4.04. The Balaban J connectivity index is 1.73. The number of rotatable bonds is 4. The van der Waals surface area contributed by atoms with Gasteiger partial charge < -0.3 is 0 Å². The van der Waals surface area contributed by atoms with Gasteiger partial charge in [0.25, 0.3) is 0 Å². The lowest BCUT2D eigenvalue weighted by molar-refractivity contribution is 0.692. The van der Waals surface area contributed by atoms with E-state index in [1.807, 2.05) is 0 Å². The maximum absolute atomic E-state index is 2.46. The molecule has 0 spiro atoms. The van der Waals surface area contributed by atoms with E-state index in [1.165, 1.54) is 31.4 Å². The van der Waals surface area contributed by atoms with Gasteiger partial charge in [-0.25, -0.2) is 0 Å². The van der Waals surface area contributed by atoms with Crippen LogP contribution in [-0.2, 0) is 0 Å². The summed E-state index contributed by atoms with van der Waals surface area (Å²) < 4.78 is 0. The van der Waals surface area contributed by atoms with Gasteiger partial charge in [-0.3, -0.25) is 0 Å². The van der Waals surface area contributed by atoms with Gasteiger partial charge in [-0.2, -0.15) is 11.8 Å². The monoisotopic (exact) mass is 182 g/mol. The zero-order chi connectivity index (χ0) is 8.39. The summed E-state index contributed by atoms with van der Waals surface area (Å²) in [7, 11) is 0. The molecule has 0 N–H and O–H groups in total. The van der Waals surface area contributed by atoms with E-state index in [4.69, 9.17) is 0 Å². The van der Waals surface area contributed by atoms with Gasteiger partial charge in [-0.15, -0.1) is 0 Å². The van der Waals surface area contributed by atoms with E-state index in [9.17, 15) is 0 Å². The smallest absolute Gasteiger partial charge is 0.0116 e. The van der Waals surface area contributed by atoms with Crippen LogP contribution in [0, 0.1) is 11.8 Å². The van der Waals surface area contributed by atoms with E-state index >= 15 is 0 Å². The molecule has 3 atom stereocenters. The third-order valence-corrected chi connectivity index (χ3v) is 4.54. The summed E-state index contributed by atoms with van der Waals surface area (Å²) in [6.45, 7) is 2.28. The van der Waals surface area contributed by atoms with Crippen molar-refractivity contribution in [3.05, 3.63) is 12.2 Å². The molecule has 0 heterocycles. The fraction of sp³-hybridized carbons (Fsp3) is 0.818. The second-order valence-corrected chi connectivity index (χ2v) is 5.39. The summed E-state index contributed by atoms with van der Waals surface area (Å²) >= 11 is 2.22. The lowest BCUT2D eigenvalue weighted by atomic mass is 10.1. The van der Waals surface area contributed by atoms with Gasteiger partial charge in [0.2, 0.25) is 0 Å². The van der Waals surface area contributed by atoms with Crippen molar-refractivity contribution < 1.29 is 0 Å². The largest absolute Gasteiger partial charge is 0.158 e. The van der Waals surface area contributed by atoms with Gasteiger partial charge in [0.1, 0.15) is 0 Å². The predicted molar refractivity (Wildman–Crippen MR) is 56.5 cm³/mol. The minimum Gasteiger partial charge on any atom is -0.158 e. The number of allylic oxidation sites excluding steroid dienone is 2. The molecule has 0 aromatic carbocycles. The van der Waals surface area contributed by atoms with Crippen molar-refractivity contribution in [2.75, 3.05) is 5.75 Å². The quantitative estimate of drug-likeness (QED) is 0.474. The first kappa shape index (κ1) is 8.68. The average molecular weight is 182 g/mol. The van der Waals surface area contributed by atoms with Crippen molar-refractivity contribution in [2.45, 2.75) is 37.9 Å². The van der Waals surface area contributed by atoms with E-state index in [-0.39, 0.29) is 0 Å². The Morgan fingerprint density at radius 2 is 2.25 bits per heavy atom. The third kappa shape index (κ3) is 1.71. The highest BCUT2D eigenvalue weighted by molar-refractivity contribution is 7.99. The molecule has 68 valence electrons. The lowest BCUT2D eigenvalue weighted by Gasteiger charge is -2.16. The topological polar surface area (TPSA) is 0 Å². The highest BCUT2D eigenvalue weighted by atomic mass is 32.2. The van der Waals surface area contributed by atoms with Crippen molar-refractivity contribution in [3.63, 3.8) is 0 Å². The zero-order valence-corrected chi connectivity index (χ0v) is 8.65. The molecule has 0 amide bonds. The molecule has 2 aliphatic rings. The van der Waals surface area contributed by atoms with E-state index in [2.05, 4.69) is 30.8 Å². The highest BCUT2D eigenvalue weighted by Crippen LogP contribution is 2.45.